The number of hydrogen-bond acceptors (Lipinski definition) is 1. The Morgan fingerprint density at radius 3 is 2.50 bits per heavy atom. The molecule has 0 aliphatic carbocycles. The summed E-state index contributed by atoms with van der Waals surface area (Å²) in [5.41, 5.74) is 1.65. The third kappa shape index (κ3) is 2.85. The topological polar surface area (TPSA) is 12.9 Å². The van der Waals surface area contributed by atoms with Crippen LogP contribution in [0.4, 0.5) is 0 Å². The second kappa shape index (κ2) is 5.16. The smallest absolute Gasteiger partial charge is 0.127 e. The molecule has 0 aliphatic rings. The van der Waals surface area contributed by atoms with E-state index in [4.69, 9.17) is 11.6 Å². The van der Waals surface area contributed by atoms with E-state index in [2.05, 4.69) is 32.8 Å². The molecule has 0 saturated heterocycles. The molecule has 3 heteroatoms. The fourth-order valence-corrected chi connectivity index (χ4v) is 1.62. The van der Waals surface area contributed by atoms with Gasteiger partial charge in [-0.1, -0.05) is 17.5 Å². The van der Waals surface area contributed by atoms with Gasteiger partial charge < -0.3 is 0 Å². The van der Waals surface area contributed by atoms with Gasteiger partial charge in [0.05, 0.1) is 4.47 Å². The monoisotopic (exact) mass is 291 g/mol. The van der Waals surface area contributed by atoms with Gasteiger partial charge in [0.2, 0.25) is 0 Å². The van der Waals surface area contributed by atoms with Crippen molar-refractivity contribution in [2.75, 3.05) is 0 Å². The molecule has 1 aromatic heterocycles. The molecule has 1 aromatic carbocycles. The molecule has 0 unspecified atom stereocenters. The van der Waals surface area contributed by atoms with E-state index in [1.165, 1.54) is 0 Å². The van der Waals surface area contributed by atoms with Crippen LogP contribution in [0.25, 0.3) is 0 Å². The third-order valence-electron chi connectivity index (χ3n) is 1.93. The second-order valence-corrected chi connectivity index (χ2v) is 4.38. The number of pyridine rings is 1. The van der Waals surface area contributed by atoms with Crippen LogP contribution in [0, 0.1) is 11.8 Å². The van der Waals surface area contributed by atoms with Crippen LogP contribution in [-0.4, -0.2) is 4.98 Å². The molecule has 0 atom stereocenters. The Morgan fingerprint density at radius 2 is 1.81 bits per heavy atom. The van der Waals surface area contributed by atoms with Gasteiger partial charge >= 0.3 is 0 Å². The van der Waals surface area contributed by atoms with Crippen molar-refractivity contribution < 1.29 is 0 Å². The molecule has 2 rings (SSSR count). The molecule has 0 radical (unpaired) electrons. The van der Waals surface area contributed by atoms with E-state index in [0.29, 0.717) is 5.02 Å². The Kier molecular flexibility index (Phi) is 3.61. The average Bonchev–Trinajstić information content (AvgIpc) is 2.30. The molecule has 0 amide bonds. The number of hydrogen-bond donors (Lipinski definition) is 0. The molecule has 0 fully saturated rings. The Balaban J connectivity index is 2.29. The standard InChI is InChI=1S/C13H7BrClN/c14-12-2-1-9-16-13(12)8-5-10-3-6-11(15)7-4-10/h1-4,6-7,9H. The van der Waals surface area contributed by atoms with Crippen molar-refractivity contribution in [1.29, 1.82) is 0 Å². The molecule has 16 heavy (non-hydrogen) atoms. The maximum atomic E-state index is 5.79. The maximum absolute atomic E-state index is 5.79. The van der Waals surface area contributed by atoms with Crippen LogP contribution in [0.15, 0.2) is 47.1 Å². The summed E-state index contributed by atoms with van der Waals surface area (Å²) >= 11 is 9.18. The normalized spacial score (nSPS) is 9.38. The lowest BCUT2D eigenvalue weighted by Gasteiger charge is -1.93. The minimum Gasteiger partial charge on any atom is -0.247 e. The van der Waals surface area contributed by atoms with Gasteiger partial charge in [-0.2, -0.15) is 0 Å². The summed E-state index contributed by atoms with van der Waals surface area (Å²) in [7, 11) is 0. The van der Waals surface area contributed by atoms with Gasteiger partial charge in [0, 0.05) is 16.8 Å². The maximum Gasteiger partial charge on any atom is 0.127 e. The molecule has 0 N–H and O–H groups in total. The molecule has 0 aliphatic heterocycles. The van der Waals surface area contributed by atoms with Crippen molar-refractivity contribution >= 4 is 27.5 Å². The van der Waals surface area contributed by atoms with Gasteiger partial charge in [0.1, 0.15) is 5.69 Å². The summed E-state index contributed by atoms with van der Waals surface area (Å²) in [5, 5.41) is 0.713. The first-order valence-electron chi connectivity index (χ1n) is 4.64. The highest BCUT2D eigenvalue weighted by molar-refractivity contribution is 9.10. The molecular formula is C13H7BrClN. The van der Waals surface area contributed by atoms with E-state index in [9.17, 15) is 0 Å². The Bertz CT molecular complexity index is 552. The molecule has 1 nitrogen and oxygen atoms in total. The van der Waals surface area contributed by atoms with Crippen molar-refractivity contribution in [3.63, 3.8) is 0 Å². The highest BCUT2D eigenvalue weighted by atomic mass is 79.9. The number of benzene rings is 1. The van der Waals surface area contributed by atoms with E-state index in [-0.39, 0.29) is 0 Å². The second-order valence-electron chi connectivity index (χ2n) is 3.09. The average molecular weight is 293 g/mol. The van der Waals surface area contributed by atoms with Gasteiger partial charge in [-0.15, -0.1) is 0 Å². The predicted molar refractivity (Wildman–Crippen MR) is 69.4 cm³/mol. The van der Waals surface area contributed by atoms with Crippen LogP contribution in [0.3, 0.4) is 0 Å². The van der Waals surface area contributed by atoms with Crippen LogP contribution in [0.2, 0.25) is 5.02 Å². The molecular weight excluding hydrogens is 286 g/mol. The van der Waals surface area contributed by atoms with Crippen LogP contribution in [0.1, 0.15) is 11.3 Å². The number of halogens is 2. The van der Waals surface area contributed by atoms with Crippen LogP contribution >= 0.6 is 27.5 Å². The highest BCUT2D eigenvalue weighted by Crippen LogP contribution is 2.12. The fraction of sp³-hybridized carbons (Fsp3) is 0. The minimum absolute atomic E-state index is 0.713. The Labute approximate surface area is 108 Å². The SMILES string of the molecule is Clc1ccc(C#Cc2ncccc2Br)cc1. The summed E-state index contributed by atoms with van der Waals surface area (Å²) < 4.78 is 0.900. The molecule has 2 aromatic rings. The van der Waals surface area contributed by atoms with Crippen molar-refractivity contribution in [3.05, 3.63) is 63.3 Å². The van der Waals surface area contributed by atoms with E-state index in [1.807, 2.05) is 36.4 Å². The summed E-state index contributed by atoms with van der Waals surface area (Å²) in [5.74, 6) is 6.03. The first kappa shape index (κ1) is 11.2. The van der Waals surface area contributed by atoms with E-state index in [1.54, 1.807) is 6.20 Å². The first-order valence-corrected chi connectivity index (χ1v) is 5.81. The zero-order chi connectivity index (χ0) is 11.4. The number of rotatable bonds is 0. The lowest BCUT2D eigenvalue weighted by Crippen LogP contribution is -1.82. The largest absolute Gasteiger partial charge is 0.247 e. The molecule has 0 saturated carbocycles. The Morgan fingerprint density at radius 1 is 1.06 bits per heavy atom. The summed E-state index contributed by atoms with van der Waals surface area (Å²) in [6, 6.07) is 11.2. The van der Waals surface area contributed by atoms with Crippen LogP contribution < -0.4 is 0 Å². The number of aromatic nitrogens is 1. The van der Waals surface area contributed by atoms with Crippen LogP contribution in [-0.2, 0) is 0 Å². The third-order valence-corrected chi connectivity index (χ3v) is 2.82. The molecule has 0 spiro atoms. The molecule has 1 heterocycles. The van der Waals surface area contributed by atoms with Gasteiger partial charge in [-0.25, -0.2) is 4.98 Å². The van der Waals surface area contributed by atoms with Gasteiger partial charge in [0.15, 0.2) is 0 Å². The van der Waals surface area contributed by atoms with Gasteiger partial charge in [-0.3, -0.25) is 0 Å². The van der Waals surface area contributed by atoms with Gasteiger partial charge in [0.25, 0.3) is 0 Å². The van der Waals surface area contributed by atoms with Crippen molar-refractivity contribution in [1.82, 2.24) is 4.98 Å². The zero-order valence-electron chi connectivity index (χ0n) is 8.24. The number of nitrogens with zero attached hydrogens (tertiary/aromatic N) is 1. The van der Waals surface area contributed by atoms with Crippen molar-refractivity contribution in [2.24, 2.45) is 0 Å². The minimum atomic E-state index is 0.713. The molecule has 78 valence electrons. The Hall–Kier alpha value is -1.30. The summed E-state index contributed by atoms with van der Waals surface area (Å²) in [6.45, 7) is 0. The highest BCUT2D eigenvalue weighted by Gasteiger charge is 1.94. The van der Waals surface area contributed by atoms with Gasteiger partial charge in [-0.05, 0) is 58.2 Å². The van der Waals surface area contributed by atoms with E-state index >= 15 is 0 Å². The van der Waals surface area contributed by atoms with Crippen molar-refractivity contribution in [2.45, 2.75) is 0 Å². The van der Waals surface area contributed by atoms with Crippen LogP contribution in [0.5, 0.6) is 0 Å². The molecule has 0 bridgehead atoms. The fourth-order valence-electron chi connectivity index (χ4n) is 1.14. The quantitative estimate of drug-likeness (QED) is 0.671. The van der Waals surface area contributed by atoms with E-state index < -0.39 is 0 Å². The lowest BCUT2D eigenvalue weighted by molar-refractivity contribution is 1.27. The zero-order valence-corrected chi connectivity index (χ0v) is 10.6. The summed E-state index contributed by atoms with van der Waals surface area (Å²) in [6.07, 6.45) is 1.72. The lowest BCUT2D eigenvalue weighted by atomic mass is 10.2. The first-order chi connectivity index (χ1) is 7.75. The predicted octanol–water partition coefficient (Wildman–Crippen LogP) is 3.90. The van der Waals surface area contributed by atoms with E-state index in [0.717, 1.165) is 15.7 Å². The summed E-state index contributed by atoms with van der Waals surface area (Å²) in [4.78, 5) is 4.16. The van der Waals surface area contributed by atoms with Crippen molar-refractivity contribution in [3.8, 4) is 11.8 Å².